The number of rotatable bonds is 3. The molecule has 1 aromatic rings. The Morgan fingerprint density at radius 3 is 2.89 bits per heavy atom. The lowest BCUT2D eigenvalue weighted by atomic mass is 10.1. The Hall–Kier alpha value is -1.24. The van der Waals surface area contributed by atoms with Crippen LogP contribution in [0.25, 0.3) is 0 Å². The molecule has 1 aliphatic heterocycles. The van der Waals surface area contributed by atoms with E-state index in [0.29, 0.717) is 22.9 Å². The molecule has 1 saturated heterocycles. The van der Waals surface area contributed by atoms with Crippen LogP contribution in [0.3, 0.4) is 0 Å². The van der Waals surface area contributed by atoms with E-state index in [2.05, 4.69) is 13.8 Å². The smallest absolute Gasteiger partial charge is 0.121 e. The van der Waals surface area contributed by atoms with Gasteiger partial charge in [-0.3, -0.25) is 0 Å². The summed E-state index contributed by atoms with van der Waals surface area (Å²) < 4.78 is 11.5. The molecule has 0 N–H and O–H groups in total. The molecular weight excluding hydrogens is 250 g/mol. The molecule has 0 spiro atoms. The van der Waals surface area contributed by atoms with Crippen LogP contribution in [-0.2, 0) is 4.74 Å². The van der Waals surface area contributed by atoms with Gasteiger partial charge in [-0.15, -0.1) is 0 Å². The lowest BCUT2D eigenvalue weighted by molar-refractivity contribution is -0.0326. The molecule has 2 rings (SSSR count). The SMILES string of the molecule is CC1(C)CCC(COc2ccc(C#N)c(Cl)c2)O1. The first-order valence-electron chi connectivity index (χ1n) is 6.00. The van der Waals surface area contributed by atoms with Crippen LogP contribution in [0, 0.1) is 11.3 Å². The van der Waals surface area contributed by atoms with Crippen molar-refractivity contribution in [2.45, 2.75) is 38.4 Å². The molecule has 0 saturated carbocycles. The van der Waals surface area contributed by atoms with Gasteiger partial charge < -0.3 is 9.47 Å². The fourth-order valence-electron chi connectivity index (χ4n) is 2.06. The molecule has 1 heterocycles. The highest BCUT2D eigenvalue weighted by molar-refractivity contribution is 6.31. The van der Waals surface area contributed by atoms with E-state index in [1.807, 2.05) is 6.07 Å². The summed E-state index contributed by atoms with van der Waals surface area (Å²) in [6, 6.07) is 7.10. The number of hydrogen-bond donors (Lipinski definition) is 0. The van der Waals surface area contributed by atoms with Gasteiger partial charge in [-0.05, 0) is 38.8 Å². The predicted molar refractivity (Wildman–Crippen MR) is 69.8 cm³/mol. The average Bonchev–Trinajstić information content (AvgIpc) is 2.66. The average molecular weight is 266 g/mol. The van der Waals surface area contributed by atoms with E-state index in [9.17, 15) is 0 Å². The molecule has 1 aliphatic rings. The van der Waals surface area contributed by atoms with Crippen LogP contribution >= 0.6 is 11.6 Å². The van der Waals surface area contributed by atoms with Gasteiger partial charge in [-0.1, -0.05) is 11.6 Å². The van der Waals surface area contributed by atoms with Gasteiger partial charge in [-0.25, -0.2) is 0 Å². The second-order valence-electron chi connectivity index (χ2n) is 5.10. The van der Waals surface area contributed by atoms with Crippen LogP contribution in [-0.4, -0.2) is 18.3 Å². The minimum atomic E-state index is -0.0453. The Morgan fingerprint density at radius 2 is 2.33 bits per heavy atom. The van der Waals surface area contributed by atoms with Crippen LogP contribution in [0.1, 0.15) is 32.3 Å². The maximum absolute atomic E-state index is 8.77. The molecular formula is C14H16ClNO2. The van der Waals surface area contributed by atoms with Crippen LogP contribution in [0.15, 0.2) is 18.2 Å². The van der Waals surface area contributed by atoms with E-state index in [0.717, 1.165) is 12.8 Å². The molecule has 3 nitrogen and oxygen atoms in total. The van der Waals surface area contributed by atoms with E-state index in [4.69, 9.17) is 26.3 Å². The zero-order valence-corrected chi connectivity index (χ0v) is 11.3. The van der Waals surface area contributed by atoms with Gasteiger partial charge >= 0.3 is 0 Å². The van der Waals surface area contributed by atoms with Gasteiger partial charge in [0.1, 0.15) is 18.4 Å². The zero-order chi connectivity index (χ0) is 13.2. The summed E-state index contributed by atoms with van der Waals surface area (Å²) in [5, 5.41) is 9.19. The Labute approximate surface area is 112 Å². The number of halogens is 1. The first kappa shape index (κ1) is 13.2. The second kappa shape index (κ2) is 5.17. The van der Waals surface area contributed by atoms with E-state index in [1.54, 1.807) is 18.2 Å². The van der Waals surface area contributed by atoms with Gasteiger partial charge in [0.05, 0.1) is 22.3 Å². The number of nitrogens with zero attached hydrogens (tertiary/aromatic N) is 1. The molecule has 0 radical (unpaired) electrons. The third-order valence-electron chi connectivity index (χ3n) is 3.05. The van der Waals surface area contributed by atoms with Gasteiger partial charge in [0.25, 0.3) is 0 Å². The Kier molecular flexibility index (Phi) is 3.79. The quantitative estimate of drug-likeness (QED) is 0.839. The van der Waals surface area contributed by atoms with Gasteiger partial charge in [0, 0.05) is 6.07 Å². The normalized spacial score (nSPS) is 21.6. The van der Waals surface area contributed by atoms with Crippen molar-refractivity contribution in [1.82, 2.24) is 0 Å². The molecule has 4 heteroatoms. The van der Waals surface area contributed by atoms with E-state index in [-0.39, 0.29) is 11.7 Å². The van der Waals surface area contributed by atoms with Crippen molar-refractivity contribution in [1.29, 1.82) is 5.26 Å². The van der Waals surface area contributed by atoms with E-state index >= 15 is 0 Å². The fourth-order valence-corrected chi connectivity index (χ4v) is 2.27. The monoisotopic (exact) mass is 265 g/mol. The lowest BCUT2D eigenvalue weighted by Crippen LogP contribution is -2.23. The summed E-state index contributed by atoms with van der Waals surface area (Å²) in [4.78, 5) is 0. The molecule has 1 unspecified atom stereocenters. The zero-order valence-electron chi connectivity index (χ0n) is 10.6. The minimum Gasteiger partial charge on any atom is -0.491 e. The number of nitriles is 1. The summed E-state index contributed by atoms with van der Waals surface area (Å²) in [5.74, 6) is 0.673. The summed E-state index contributed by atoms with van der Waals surface area (Å²) in [7, 11) is 0. The fraction of sp³-hybridized carbons (Fsp3) is 0.500. The lowest BCUT2D eigenvalue weighted by Gasteiger charge is -2.19. The maximum Gasteiger partial charge on any atom is 0.121 e. The summed E-state index contributed by atoms with van der Waals surface area (Å²) in [6.45, 7) is 4.70. The Morgan fingerprint density at radius 1 is 1.56 bits per heavy atom. The van der Waals surface area contributed by atoms with Crippen molar-refractivity contribution >= 4 is 11.6 Å². The molecule has 1 aromatic carbocycles. The van der Waals surface area contributed by atoms with Crippen molar-refractivity contribution < 1.29 is 9.47 Å². The second-order valence-corrected chi connectivity index (χ2v) is 5.51. The molecule has 0 aliphatic carbocycles. The van der Waals surface area contributed by atoms with Crippen LogP contribution in [0.5, 0.6) is 5.75 Å². The molecule has 1 atom stereocenters. The molecule has 1 fully saturated rings. The van der Waals surface area contributed by atoms with Crippen LogP contribution in [0.4, 0.5) is 0 Å². The molecule has 0 aromatic heterocycles. The van der Waals surface area contributed by atoms with Crippen molar-refractivity contribution in [3.8, 4) is 11.8 Å². The highest BCUT2D eigenvalue weighted by atomic mass is 35.5. The number of benzene rings is 1. The molecule has 96 valence electrons. The van der Waals surface area contributed by atoms with Crippen molar-refractivity contribution in [2.24, 2.45) is 0 Å². The summed E-state index contributed by atoms with van der Waals surface area (Å²) in [6.07, 6.45) is 2.20. The third kappa shape index (κ3) is 3.16. The maximum atomic E-state index is 8.77. The minimum absolute atomic E-state index is 0.0453. The van der Waals surface area contributed by atoms with Crippen molar-refractivity contribution in [3.63, 3.8) is 0 Å². The predicted octanol–water partition coefficient (Wildman–Crippen LogP) is 3.55. The molecule has 0 bridgehead atoms. The molecule has 0 amide bonds. The van der Waals surface area contributed by atoms with Gasteiger partial charge in [-0.2, -0.15) is 5.26 Å². The van der Waals surface area contributed by atoms with Crippen molar-refractivity contribution in [3.05, 3.63) is 28.8 Å². The van der Waals surface area contributed by atoms with Crippen LogP contribution < -0.4 is 4.74 Å². The highest BCUT2D eigenvalue weighted by Crippen LogP contribution is 2.30. The number of hydrogen-bond acceptors (Lipinski definition) is 3. The Bertz CT molecular complexity index is 479. The van der Waals surface area contributed by atoms with E-state index in [1.165, 1.54) is 0 Å². The summed E-state index contributed by atoms with van der Waals surface area (Å²) in [5.41, 5.74) is 0.415. The standard InChI is InChI=1S/C14H16ClNO2/c1-14(2)6-5-12(18-14)9-17-11-4-3-10(8-16)13(15)7-11/h3-4,7,12H,5-6,9H2,1-2H3. The third-order valence-corrected chi connectivity index (χ3v) is 3.36. The highest BCUT2D eigenvalue weighted by Gasteiger charge is 2.31. The number of ether oxygens (including phenoxy) is 2. The first-order chi connectivity index (χ1) is 8.50. The first-order valence-corrected chi connectivity index (χ1v) is 6.38. The Balaban J connectivity index is 1.92. The summed E-state index contributed by atoms with van der Waals surface area (Å²) >= 11 is 5.94. The van der Waals surface area contributed by atoms with Crippen LogP contribution in [0.2, 0.25) is 5.02 Å². The topological polar surface area (TPSA) is 42.2 Å². The molecule has 18 heavy (non-hydrogen) atoms. The largest absolute Gasteiger partial charge is 0.491 e. The van der Waals surface area contributed by atoms with Gasteiger partial charge in [0.2, 0.25) is 0 Å². The van der Waals surface area contributed by atoms with E-state index < -0.39 is 0 Å². The van der Waals surface area contributed by atoms with Crippen molar-refractivity contribution in [2.75, 3.05) is 6.61 Å². The van der Waals surface area contributed by atoms with Gasteiger partial charge in [0.15, 0.2) is 0 Å².